The van der Waals surface area contributed by atoms with Crippen molar-refractivity contribution in [3.8, 4) is 0 Å². The number of sulfone groups is 1. The van der Waals surface area contributed by atoms with E-state index in [9.17, 15) is 23.1 Å². The summed E-state index contributed by atoms with van der Waals surface area (Å²) in [7, 11) is -3.82. The molecule has 0 saturated heterocycles. The van der Waals surface area contributed by atoms with E-state index >= 15 is 0 Å². The third-order valence-electron chi connectivity index (χ3n) is 4.42. The van der Waals surface area contributed by atoms with Crippen LogP contribution in [0.25, 0.3) is 10.9 Å². The van der Waals surface area contributed by atoms with Gasteiger partial charge in [-0.2, -0.15) is 9.69 Å². The molecule has 3 aromatic rings. The van der Waals surface area contributed by atoms with Crippen LogP contribution in [0.15, 0.2) is 49.2 Å². The zero-order chi connectivity index (χ0) is 22.4. The first-order chi connectivity index (χ1) is 14.0. The Balaban J connectivity index is 2.39. The van der Waals surface area contributed by atoms with Crippen LogP contribution in [0.2, 0.25) is 5.02 Å². The first-order valence-electron chi connectivity index (χ1n) is 8.41. The summed E-state index contributed by atoms with van der Waals surface area (Å²) >= 11 is 12.8. The zero-order valence-electron chi connectivity index (χ0n) is 15.6. The van der Waals surface area contributed by atoms with Gasteiger partial charge in [0.25, 0.3) is 5.56 Å². The fourth-order valence-electron chi connectivity index (χ4n) is 2.81. The van der Waals surface area contributed by atoms with Gasteiger partial charge in [-0.25, -0.2) is 18.2 Å². The molecule has 1 aromatic heterocycles. The topological polar surface area (TPSA) is 110 Å². The second-order valence-electron chi connectivity index (χ2n) is 6.20. The van der Waals surface area contributed by atoms with E-state index in [1.807, 2.05) is 6.92 Å². The van der Waals surface area contributed by atoms with Gasteiger partial charge in [0.05, 0.1) is 27.2 Å². The molecule has 0 radical (unpaired) electrons. The van der Waals surface area contributed by atoms with E-state index in [2.05, 4.69) is 36.8 Å². The van der Waals surface area contributed by atoms with Crippen molar-refractivity contribution in [2.45, 2.75) is 18.7 Å². The van der Waals surface area contributed by atoms with Crippen molar-refractivity contribution >= 4 is 76.0 Å². The Morgan fingerprint density at radius 2 is 1.97 bits per heavy atom. The standard InChI is InChI=1S/C18H14Br2ClN3O5S/c1-3-30(28,29)14-5-4-10(21)6-13(14)24(18(26)27)23-8-22-16-11(17(23)25)7-12(19)9(2)15(16)20/h4-8H,3H2,1-2H3,(H,26,27). The summed E-state index contributed by atoms with van der Waals surface area (Å²) in [6.07, 6.45) is -0.557. The molecule has 0 spiro atoms. The van der Waals surface area contributed by atoms with Crippen molar-refractivity contribution < 1.29 is 18.3 Å². The van der Waals surface area contributed by atoms with E-state index in [-0.39, 0.29) is 26.7 Å². The molecular formula is C18H14Br2ClN3O5S. The number of carbonyl (C=O) groups is 1. The molecule has 0 aliphatic carbocycles. The van der Waals surface area contributed by atoms with Crippen molar-refractivity contribution in [2.75, 3.05) is 10.8 Å². The van der Waals surface area contributed by atoms with Gasteiger partial charge in [0.1, 0.15) is 6.33 Å². The van der Waals surface area contributed by atoms with Crippen LogP contribution in [0.4, 0.5) is 10.5 Å². The minimum Gasteiger partial charge on any atom is -0.463 e. The Labute approximate surface area is 193 Å². The average molecular weight is 580 g/mol. The highest BCUT2D eigenvalue weighted by Gasteiger charge is 2.28. The molecule has 2 aromatic carbocycles. The van der Waals surface area contributed by atoms with Gasteiger partial charge in [0.15, 0.2) is 9.84 Å². The molecule has 158 valence electrons. The third-order valence-corrected chi connectivity index (χ3v) is 8.22. The molecule has 0 unspecified atom stereocenters. The fraction of sp³-hybridized carbons (Fsp3) is 0.167. The summed E-state index contributed by atoms with van der Waals surface area (Å²) < 4.78 is 27.0. The summed E-state index contributed by atoms with van der Waals surface area (Å²) in [5, 5.41) is 10.6. The summed E-state index contributed by atoms with van der Waals surface area (Å²) in [4.78, 5) is 29.3. The SMILES string of the molecule is CCS(=O)(=O)c1ccc(Cl)cc1N(C(=O)O)n1cnc2c(Br)c(C)c(Br)cc2c1=O. The van der Waals surface area contributed by atoms with Gasteiger partial charge in [-0.05, 0) is 52.7 Å². The normalized spacial score (nSPS) is 11.6. The number of hydrogen-bond acceptors (Lipinski definition) is 5. The molecule has 1 N–H and O–H groups in total. The maximum atomic E-state index is 13.2. The Morgan fingerprint density at radius 1 is 1.30 bits per heavy atom. The van der Waals surface area contributed by atoms with Gasteiger partial charge in [-0.1, -0.05) is 34.5 Å². The quantitative estimate of drug-likeness (QED) is 0.483. The lowest BCUT2D eigenvalue weighted by Gasteiger charge is -2.23. The Hall–Kier alpha value is -1.95. The first-order valence-corrected chi connectivity index (χ1v) is 12.0. The molecule has 1 amide bonds. The number of hydrogen-bond donors (Lipinski definition) is 1. The average Bonchev–Trinajstić information content (AvgIpc) is 2.68. The first kappa shape index (κ1) is 22.7. The third kappa shape index (κ3) is 3.86. The molecular weight excluding hydrogens is 566 g/mol. The second-order valence-corrected chi connectivity index (χ2v) is 10.5. The van der Waals surface area contributed by atoms with Crippen LogP contribution in [0, 0.1) is 6.92 Å². The molecule has 3 rings (SSSR count). The smallest absolute Gasteiger partial charge is 0.431 e. The van der Waals surface area contributed by atoms with E-state index in [4.69, 9.17) is 11.6 Å². The molecule has 8 nitrogen and oxygen atoms in total. The van der Waals surface area contributed by atoms with Crippen LogP contribution in [-0.4, -0.2) is 35.0 Å². The van der Waals surface area contributed by atoms with Gasteiger partial charge in [0, 0.05) is 14.0 Å². The van der Waals surface area contributed by atoms with Crippen LogP contribution in [-0.2, 0) is 9.84 Å². The summed E-state index contributed by atoms with van der Waals surface area (Å²) in [5.41, 5.74) is 0.178. The predicted octanol–water partition coefficient (Wildman–Crippen LogP) is 4.62. The van der Waals surface area contributed by atoms with Crippen LogP contribution >= 0.6 is 43.5 Å². The fourth-order valence-corrected chi connectivity index (χ4v) is 5.25. The van der Waals surface area contributed by atoms with Crippen molar-refractivity contribution in [3.05, 3.63) is 60.5 Å². The zero-order valence-corrected chi connectivity index (χ0v) is 20.3. The minimum atomic E-state index is -3.82. The summed E-state index contributed by atoms with van der Waals surface area (Å²) in [6, 6.07) is 5.26. The van der Waals surface area contributed by atoms with Crippen LogP contribution in [0.3, 0.4) is 0 Å². The number of nitrogens with zero attached hydrogens (tertiary/aromatic N) is 3. The molecule has 12 heteroatoms. The van der Waals surface area contributed by atoms with E-state index in [1.54, 1.807) is 0 Å². The number of halogens is 3. The monoisotopic (exact) mass is 577 g/mol. The van der Waals surface area contributed by atoms with Gasteiger partial charge < -0.3 is 5.11 Å². The van der Waals surface area contributed by atoms with E-state index in [0.29, 0.717) is 19.5 Å². The minimum absolute atomic E-state index is 0.106. The highest BCUT2D eigenvalue weighted by atomic mass is 79.9. The highest BCUT2D eigenvalue weighted by Crippen LogP contribution is 2.32. The molecule has 30 heavy (non-hydrogen) atoms. The maximum Gasteiger partial charge on any atom is 0.431 e. The molecule has 0 saturated carbocycles. The Kier molecular flexibility index (Phi) is 6.28. The number of fused-ring (bicyclic) bond motifs is 1. The molecule has 0 aliphatic rings. The largest absolute Gasteiger partial charge is 0.463 e. The van der Waals surface area contributed by atoms with Gasteiger partial charge in [-0.3, -0.25) is 4.79 Å². The van der Waals surface area contributed by atoms with E-state index < -0.39 is 21.5 Å². The van der Waals surface area contributed by atoms with Crippen molar-refractivity contribution in [2.24, 2.45) is 0 Å². The van der Waals surface area contributed by atoms with E-state index in [1.165, 1.54) is 31.2 Å². The summed E-state index contributed by atoms with van der Waals surface area (Å²) in [6.45, 7) is 3.25. The Morgan fingerprint density at radius 3 is 2.57 bits per heavy atom. The summed E-state index contributed by atoms with van der Waals surface area (Å²) in [5.74, 6) is -0.265. The number of amides is 1. The maximum absolute atomic E-state index is 13.2. The lowest BCUT2D eigenvalue weighted by molar-refractivity contribution is 0.198. The van der Waals surface area contributed by atoms with Crippen molar-refractivity contribution in [1.82, 2.24) is 9.66 Å². The van der Waals surface area contributed by atoms with Crippen LogP contribution in [0.1, 0.15) is 12.5 Å². The van der Waals surface area contributed by atoms with Crippen LogP contribution in [0.5, 0.6) is 0 Å². The van der Waals surface area contributed by atoms with Gasteiger partial charge >= 0.3 is 6.09 Å². The molecule has 0 fully saturated rings. The van der Waals surface area contributed by atoms with Crippen molar-refractivity contribution in [1.29, 1.82) is 0 Å². The lowest BCUT2D eigenvalue weighted by Crippen LogP contribution is -2.43. The molecule has 0 aliphatic heterocycles. The van der Waals surface area contributed by atoms with Gasteiger partial charge in [-0.15, -0.1) is 0 Å². The van der Waals surface area contributed by atoms with Crippen LogP contribution < -0.4 is 10.6 Å². The molecule has 1 heterocycles. The lowest BCUT2D eigenvalue weighted by atomic mass is 10.2. The number of carboxylic acid groups (broad SMARTS) is 1. The number of rotatable bonds is 4. The van der Waals surface area contributed by atoms with Crippen molar-refractivity contribution in [3.63, 3.8) is 0 Å². The van der Waals surface area contributed by atoms with E-state index in [0.717, 1.165) is 16.6 Å². The number of aromatic nitrogens is 2. The number of anilines is 1. The predicted molar refractivity (Wildman–Crippen MR) is 121 cm³/mol. The number of benzene rings is 2. The highest BCUT2D eigenvalue weighted by molar-refractivity contribution is 9.11. The second kappa shape index (κ2) is 8.29. The van der Waals surface area contributed by atoms with Gasteiger partial charge in [0.2, 0.25) is 0 Å². The molecule has 0 atom stereocenters. The Bertz CT molecular complexity index is 1360. The molecule has 0 bridgehead atoms.